The minimum Gasteiger partial charge on any atom is -0.463 e. The quantitative estimate of drug-likeness (QED) is 0.343. The predicted octanol–water partition coefficient (Wildman–Crippen LogP) is 3.12. The molecule has 2 aliphatic heterocycles. The van der Waals surface area contributed by atoms with Gasteiger partial charge in [-0.2, -0.15) is 4.98 Å². The Hall–Kier alpha value is -2.76. The fourth-order valence-electron chi connectivity index (χ4n) is 4.34. The van der Waals surface area contributed by atoms with Gasteiger partial charge in [-0.25, -0.2) is 9.36 Å². The Bertz CT molecular complexity index is 1240. The van der Waals surface area contributed by atoms with Crippen molar-refractivity contribution in [1.82, 2.24) is 9.55 Å². The average molecular weight is 552 g/mol. The van der Waals surface area contributed by atoms with Gasteiger partial charge in [0.15, 0.2) is 12.0 Å². The van der Waals surface area contributed by atoms with Gasteiger partial charge in [0.05, 0.1) is 24.8 Å². The van der Waals surface area contributed by atoms with Crippen molar-refractivity contribution in [3.63, 3.8) is 0 Å². The first kappa shape index (κ1) is 28.3. The number of esters is 1. The number of aromatic nitrogens is 2. The zero-order valence-corrected chi connectivity index (χ0v) is 22.9. The van der Waals surface area contributed by atoms with Crippen LogP contribution in [0.3, 0.4) is 0 Å². The monoisotopic (exact) mass is 551 g/mol. The maximum absolute atomic E-state index is 13.9. The standard InChI is InChI=1S/C25H34N3O9P/c1-15(2)33-23(29)16(3)14-38(31,37-17-9-7-6-8-10-17)32-13-18-20-21(36-25(4,5)35-20)22(34-18)28-12-11-19(26)27-24(28)30/h6-12,15-16,18,20-22H,13-14H2,1-5H3,(H2,26,27,30)/t16-,18-,20+,21?,22-,38?/m1/s1. The Labute approximate surface area is 220 Å². The second kappa shape index (κ2) is 11.2. The molecular weight excluding hydrogens is 517 g/mol. The molecule has 208 valence electrons. The topological polar surface area (TPSA) is 150 Å². The van der Waals surface area contributed by atoms with Crippen molar-refractivity contribution in [2.75, 3.05) is 18.5 Å². The van der Waals surface area contributed by atoms with Crippen LogP contribution in [0, 0.1) is 5.92 Å². The van der Waals surface area contributed by atoms with E-state index in [0.29, 0.717) is 5.75 Å². The van der Waals surface area contributed by atoms with Gasteiger partial charge in [0.2, 0.25) is 0 Å². The second-order valence-electron chi connectivity index (χ2n) is 10.1. The number of hydrogen-bond acceptors (Lipinski definition) is 11. The SMILES string of the molecule is CC(C)OC(=O)[C@H](C)CP(=O)(OC[C@H]1O[C@@H](n2ccc(N)nc2=O)C2OC(C)(C)O[C@H]21)Oc1ccccc1. The highest BCUT2D eigenvalue weighted by atomic mass is 31.2. The summed E-state index contributed by atoms with van der Waals surface area (Å²) in [5.74, 6) is -1.83. The summed E-state index contributed by atoms with van der Waals surface area (Å²) in [4.78, 5) is 28.7. The first-order chi connectivity index (χ1) is 17.9. The molecule has 0 aliphatic carbocycles. The molecule has 0 amide bonds. The molecule has 1 aromatic heterocycles. The van der Waals surface area contributed by atoms with Crippen LogP contribution < -0.4 is 15.9 Å². The van der Waals surface area contributed by atoms with E-state index in [2.05, 4.69) is 4.98 Å². The van der Waals surface area contributed by atoms with Gasteiger partial charge >= 0.3 is 19.3 Å². The van der Waals surface area contributed by atoms with Crippen LogP contribution in [0.5, 0.6) is 5.75 Å². The van der Waals surface area contributed by atoms with Crippen molar-refractivity contribution in [3.05, 3.63) is 53.1 Å². The van der Waals surface area contributed by atoms with E-state index in [1.54, 1.807) is 65.0 Å². The molecule has 2 N–H and O–H groups in total. The third-order valence-electron chi connectivity index (χ3n) is 5.93. The molecule has 1 aromatic carbocycles. The number of ether oxygens (including phenoxy) is 4. The number of nitrogens with zero attached hydrogens (tertiary/aromatic N) is 2. The Balaban J connectivity index is 1.55. The molecule has 12 nitrogen and oxygen atoms in total. The number of carbonyl (C=O) groups is 1. The maximum atomic E-state index is 13.9. The van der Waals surface area contributed by atoms with E-state index in [4.69, 9.17) is 33.7 Å². The highest BCUT2D eigenvalue weighted by molar-refractivity contribution is 7.54. The molecule has 0 radical (unpaired) electrons. The van der Waals surface area contributed by atoms with Crippen LogP contribution in [0.4, 0.5) is 5.82 Å². The number of para-hydroxylation sites is 1. The summed E-state index contributed by atoms with van der Waals surface area (Å²) in [6.45, 7) is 8.34. The van der Waals surface area contributed by atoms with E-state index in [1.807, 2.05) is 0 Å². The molecule has 6 atom stereocenters. The molecular formula is C25H34N3O9P. The number of rotatable bonds is 10. The molecule has 0 bridgehead atoms. The van der Waals surface area contributed by atoms with Crippen LogP contribution in [0.15, 0.2) is 47.4 Å². The number of nitrogens with two attached hydrogens (primary N) is 1. The summed E-state index contributed by atoms with van der Waals surface area (Å²) < 4.78 is 50.4. The number of hydrogen-bond donors (Lipinski definition) is 1. The lowest BCUT2D eigenvalue weighted by molar-refractivity contribution is -0.200. The van der Waals surface area contributed by atoms with Crippen LogP contribution in [0.1, 0.15) is 40.8 Å². The normalized spacial score (nSPS) is 26.5. The third kappa shape index (κ3) is 6.62. The zero-order chi connectivity index (χ0) is 27.7. The van der Waals surface area contributed by atoms with E-state index in [-0.39, 0.29) is 24.7 Å². The fraction of sp³-hybridized carbons (Fsp3) is 0.560. The molecule has 2 saturated heterocycles. The van der Waals surface area contributed by atoms with Crippen LogP contribution in [0.25, 0.3) is 0 Å². The smallest absolute Gasteiger partial charge is 0.380 e. The van der Waals surface area contributed by atoms with Gasteiger partial charge < -0.3 is 29.2 Å². The highest BCUT2D eigenvalue weighted by Gasteiger charge is 2.56. The summed E-state index contributed by atoms with van der Waals surface area (Å²) in [5, 5.41) is 0. The first-order valence-electron chi connectivity index (χ1n) is 12.4. The summed E-state index contributed by atoms with van der Waals surface area (Å²) in [5.41, 5.74) is 5.02. The van der Waals surface area contributed by atoms with Crippen LogP contribution in [-0.4, -0.2) is 58.5 Å². The molecule has 2 unspecified atom stereocenters. The average Bonchev–Trinajstić information content (AvgIpc) is 3.31. The van der Waals surface area contributed by atoms with Gasteiger partial charge in [0.25, 0.3) is 0 Å². The number of benzene rings is 1. The van der Waals surface area contributed by atoms with E-state index in [9.17, 15) is 14.2 Å². The van der Waals surface area contributed by atoms with Crippen molar-refractivity contribution < 1.29 is 37.4 Å². The molecule has 2 aliphatic rings. The van der Waals surface area contributed by atoms with E-state index >= 15 is 0 Å². The number of anilines is 1. The van der Waals surface area contributed by atoms with Crippen LogP contribution in [0.2, 0.25) is 0 Å². The van der Waals surface area contributed by atoms with E-state index < -0.39 is 55.5 Å². The van der Waals surface area contributed by atoms with Gasteiger partial charge in [-0.15, -0.1) is 0 Å². The Morgan fingerprint density at radius 1 is 1.16 bits per heavy atom. The summed E-state index contributed by atoms with van der Waals surface area (Å²) >= 11 is 0. The van der Waals surface area contributed by atoms with Crippen molar-refractivity contribution >= 4 is 19.4 Å². The van der Waals surface area contributed by atoms with Gasteiger partial charge in [-0.1, -0.05) is 25.1 Å². The largest absolute Gasteiger partial charge is 0.463 e. The summed E-state index contributed by atoms with van der Waals surface area (Å²) in [6, 6.07) is 10.0. The highest BCUT2D eigenvalue weighted by Crippen LogP contribution is 2.51. The molecule has 38 heavy (non-hydrogen) atoms. The van der Waals surface area contributed by atoms with Crippen LogP contribution >= 0.6 is 7.60 Å². The number of carbonyl (C=O) groups excluding carboxylic acids is 1. The van der Waals surface area contributed by atoms with Gasteiger partial charge in [0, 0.05) is 6.20 Å². The molecule has 3 heterocycles. The molecule has 0 spiro atoms. The first-order valence-corrected chi connectivity index (χ1v) is 14.1. The summed E-state index contributed by atoms with van der Waals surface area (Å²) in [7, 11) is -3.90. The van der Waals surface area contributed by atoms with Crippen molar-refractivity contribution in [1.29, 1.82) is 0 Å². The number of nitrogen functional groups attached to an aromatic ring is 1. The minimum atomic E-state index is -3.90. The predicted molar refractivity (Wildman–Crippen MR) is 137 cm³/mol. The lowest BCUT2D eigenvalue weighted by Crippen LogP contribution is -2.35. The Morgan fingerprint density at radius 2 is 1.84 bits per heavy atom. The second-order valence-corrected chi connectivity index (χ2v) is 12.1. The zero-order valence-electron chi connectivity index (χ0n) is 22.0. The van der Waals surface area contributed by atoms with Crippen LogP contribution in [-0.2, 0) is 32.8 Å². The minimum absolute atomic E-state index is 0.0775. The number of fused-ring (bicyclic) bond motifs is 1. The van der Waals surface area contributed by atoms with Gasteiger partial charge in [-0.3, -0.25) is 13.9 Å². The lowest BCUT2D eigenvalue weighted by atomic mass is 10.1. The molecule has 2 fully saturated rings. The molecule has 2 aromatic rings. The van der Waals surface area contributed by atoms with E-state index in [0.717, 1.165) is 0 Å². The van der Waals surface area contributed by atoms with Crippen molar-refractivity contribution in [2.24, 2.45) is 5.92 Å². The van der Waals surface area contributed by atoms with Gasteiger partial charge in [0.1, 0.15) is 29.9 Å². The third-order valence-corrected chi connectivity index (χ3v) is 7.95. The summed E-state index contributed by atoms with van der Waals surface area (Å²) in [6.07, 6.45) is -2.05. The maximum Gasteiger partial charge on any atom is 0.380 e. The van der Waals surface area contributed by atoms with Crippen molar-refractivity contribution in [3.8, 4) is 5.75 Å². The van der Waals surface area contributed by atoms with E-state index in [1.165, 1.54) is 16.8 Å². The Morgan fingerprint density at radius 3 is 2.50 bits per heavy atom. The lowest BCUT2D eigenvalue weighted by Gasteiger charge is -2.26. The molecule has 0 saturated carbocycles. The van der Waals surface area contributed by atoms with Gasteiger partial charge in [-0.05, 0) is 45.9 Å². The Kier molecular flexibility index (Phi) is 8.29. The molecule has 4 rings (SSSR count). The fourth-order valence-corrected chi connectivity index (χ4v) is 6.21. The van der Waals surface area contributed by atoms with Crippen molar-refractivity contribution in [2.45, 2.75) is 71.0 Å². The molecule has 13 heteroatoms.